The molecule has 7 heteroatoms. The maximum atomic E-state index is 12.7. The van der Waals surface area contributed by atoms with Crippen molar-refractivity contribution in [2.75, 3.05) is 0 Å². The minimum absolute atomic E-state index is 0. The third-order valence-corrected chi connectivity index (χ3v) is 14.7. The van der Waals surface area contributed by atoms with Crippen LogP contribution in [0.1, 0.15) is 130 Å². The molecule has 0 atom stereocenters. The van der Waals surface area contributed by atoms with E-state index in [2.05, 4.69) is 235 Å². The number of nitrogens with zero attached hydrogens (tertiary/aromatic N) is 4. The first-order valence-corrected chi connectivity index (χ1v) is 26.3. The number of nitriles is 1. The maximum absolute atomic E-state index is 12.7. The van der Waals surface area contributed by atoms with E-state index >= 15 is 0 Å². The summed E-state index contributed by atoms with van der Waals surface area (Å²) >= 11 is 0. The van der Waals surface area contributed by atoms with Crippen LogP contribution in [0, 0.1) is 22.8 Å². The number of hydrogen-bond donors (Lipinski definition) is 1. The van der Waals surface area contributed by atoms with E-state index < -0.39 is 5.60 Å². The molecule has 388 valence electrons. The zero-order chi connectivity index (χ0) is 53.6. The van der Waals surface area contributed by atoms with Gasteiger partial charge in [-0.05, 0) is 129 Å². The minimum Gasteiger partial charge on any atom is -0.518 e. The molecule has 0 bridgehead atoms. The Balaban J connectivity index is 0.00000706. The number of para-hydroxylation sites is 1. The summed E-state index contributed by atoms with van der Waals surface area (Å²) in [6.45, 7) is 30.8. The van der Waals surface area contributed by atoms with Crippen molar-refractivity contribution >= 4 is 11.0 Å². The predicted molar refractivity (Wildman–Crippen MR) is 310 cm³/mol. The monoisotopic (exact) mass is 1180 g/mol. The second-order valence-corrected chi connectivity index (χ2v) is 25.4. The Hall–Kier alpha value is -7.06. The molecule has 0 fully saturated rings. The van der Waals surface area contributed by atoms with Crippen molar-refractivity contribution in [3.05, 3.63) is 185 Å². The second-order valence-electron chi connectivity index (χ2n) is 25.4. The van der Waals surface area contributed by atoms with Crippen LogP contribution in [0.5, 0.6) is 11.5 Å². The summed E-state index contributed by atoms with van der Waals surface area (Å²) in [7, 11) is 0. The molecule has 3 heterocycles. The molecule has 7 aromatic carbocycles. The van der Waals surface area contributed by atoms with Crippen molar-refractivity contribution in [3.63, 3.8) is 0 Å². The summed E-state index contributed by atoms with van der Waals surface area (Å²) in [6.07, 6.45) is 2.86. The quantitative estimate of drug-likeness (QED) is 0.161. The molecular weight excluding hydrogens is 1110 g/mol. The van der Waals surface area contributed by atoms with Gasteiger partial charge in [0.1, 0.15) is 17.2 Å². The number of benzene rings is 7. The molecular formula is C69H69N4O2Pt-. The molecule has 6 nitrogen and oxygen atoms in total. The molecule has 0 amide bonds. The molecule has 0 radical (unpaired) electrons. The zero-order valence-corrected chi connectivity index (χ0v) is 48.8. The van der Waals surface area contributed by atoms with Gasteiger partial charge < -0.3 is 9.84 Å². The number of ether oxygens (including phenoxy) is 1. The Kier molecular flexibility index (Phi) is 13.8. The summed E-state index contributed by atoms with van der Waals surface area (Å²) in [6, 6.07) is 55.3. The molecule has 1 aliphatic rings. The van der Waals surface area contributed by atoms with Crippen molar-refractivity contribution in [1.29, 1.82) is 5.26 Å². The Morgan fingerprint density at radius 2 is 1.33 bits per heavy atom. The summed E-state index contributed by atoms with van der Waals surface area (Å²) in [4.78, 5) is 10.8. The van der Waals surface area contributed by atoms with Crippen LogP contribution in [-0.2, 0) is 49.3 Å². The maximum Gasteiger partial charge on any atom is 0.148 e. The number of fused-ring (bicyclic) bond motifs is 4. The Morgan fingerprint density at radius 1 is 0.632 bits per heavy atom. The molecule has 0 aliphatic carbocycles. The van der Waals surface area contributed by atoms with Crippen LogP contribution in [-0.4, -0.2) is 19.6 Å². The molecule has 1 N–H and O–H groups in total. The molecule has 0 saturated carbocycles. The van der Waals surface area contributed by atoms with Crippen molar-refractivity contribution < 1.29 is 30.9 Å². The molecule has 10 rings (SSSR count). The van der Waals surface area contributed by atoms with Crippen LogP contribution in [0.15, 0.2) is 146 Å². The standard InChI is InChI=1S/C69H69N4O2.Pt/c1-65(2,3)40-42-23-26-44(27-24-42)46-31-32-71-58(36-46)54-35-47(34-53-51-29-25-43(41-70)33-56(51)69(13,14)75-63(53)54)50-21-18-22-60-61(50)72-64(55-38-49(67(7,8)9)39-57(62(55)74)68(10,11)12)73(60)59-30-28-48(66(4,5)6)37-52(59)45-19-16-15-17-20-45;/h15-34,36-39,74H,40H2,1-14H3;/q-1;. The van der Waals surface area contributed by atoms with E-state index in [1.54, 1.807) is 0 Å². The van der Waals surface area contributed by atoms with Gasteiger partial charge in [0, 0.05) is 49.6 Å². The number of hydrogen-bond acceptors (Lipinski definition) is 5. The first-order valence-electron chi connectivity index (χ1n) is 26.3. The van der Waals surface area contributed by atoms with Gasteiger partial charge >= 0.3 is 0 Å². The van der Waals surface area contributed by atoms with Gasteiger partial charge in [0.25, 0.3) is 0 Å². The smallest absolute Gasteiger partial charge is 0.148 e. The van der Waals surface area contributed by atoms with Gasteiger partial charge in [-0.25, -0.2) is 4.98 Å². The van der Waals surface area contributed by atoms with E-state index in [9.17, 15) is 10.4 Å². The van der Waals surface area contributed by atoms with Crippen LogP contribution in [0.3, 0.4) is 0 Å². The SMILES string of the molecule is CC(C)(C)Cc1ccc(-c2ccnc(-c3[c-]c(-c4cccc5c4nc(-c4cc(C(C)(C)C)cc(C(C)(C)C)c4O)n5-c4ccc(C(C)(C)C)cc4-c4ccccc4)cc4c3OC(C)(C)c3cc(C#N)ccc3-4)c2)cc1.[Pt]. The van der Waals surface area contributed by atoms with Crippen molar-refractivity contribution in [3.8, 4) is 90.4 Å². The summed E-state index contributed by atoms with van der Waals surface area (Å²) in [5.41, 5.74) is 17.1. The summed E-state index contributed by atoms with van der Waals surface area (Å²) < 4.78 is 9.36. The van der Waals surface area contributed by atoms with E-state index in [-0.39, 0.29) is 48.5 Å². The van der Waals surface area contributed by atoms with Crippen LogP contribution in [0.4, 0.5) is 0 Å². The Labute approximate surface area is 465 Å². The van der Waals surface area contributed by atoms with Crippen molar-refractivity contribution in [2.24, 2.45) is 5.41 Å². The summed E-state index contributed by atoms with van der Waals surface area (Å²) in [5, 5.41) is 22.8. The van der Waals surface area contributed by atoms with Crippen molar-refractivity contribution in [1.82, 2.24) is 14.5 Å². The first-order chi connectivity index (χ1) is 35.3. The van der Waals surface area contributed by atoms with Crippen LogP contribution < -0.4 is 4.74 Å². The van der Waals surface area contributed by atoms with Crippen LogP contribution in [0.25, 0.3) is 83.9 Å². The van der Waals surface area contributed by atoms with Crippen molar-refractivity contribution in [2.45, 2.75) is 125 Å². The second kappa shape index (κ2) is 19.5. The van der Waals surface area contributed by atoms with Crippen LogP contribution >= 0.6 is 0 Å². The summed E-state index contributed by atoms with van der Waals surface area (Å²) in [5.74, 6) is 1.52. The zero-order valence-electron chi connectivity index (χ0n) is 46.5. The van der Waals surface area contributed by atoms with E-state index in [4.69, 9.17) is 14.7 Å². The van der Waals surface area contributed by atoms with E-state index in [1.807, 2.05) is 24.4 Å². The van der Waals surface area contributed by atoms with Gasteiger partial charge in [-0.1, -0.05) is 185 Å². The third-order valence-electron chi connectivity index (χ3n) is 14.7. The molecule has 1 aliphatic heterocycles. The number of pyridine rings is 1. The molecule has 0 unspecified atom stereocenters. The van der Waals surface area contributed by atoms with E-state index in [1.165, 1.54) is 11.1 Å². The normalized spacial score (nSPS) is 13.3. The first kappa shape index (κ1) is 53.8. The van der Waals surface area contributed by atoms with Gasteiger partial charge in [0.05, 0.1) is 39.7 Å². The van der Waals surface area contributed by atoms with Gasteiger partial charge in [-0.2, -0.15) is 5.26 Å². The largest absolute Gasteiger partial charge is 0.518 e. The van der Waals surface area contributed by atoms with Crippen LogP contribution in [0.2, 0.25) is 0 Å². The predicted octanol–water partition coefficient (Wildman–Crippen LogP) is 17.9. The minimum atomic E-state index is -0.776. The van der Waals surface area contributed by atoms with E-state index in [0.717, 1.165) is 95.6 Å². The fourth-order valence-corrected chi connectivity index (χ4v) is 10.6. The molecule has 2 aromatic heterocycles. The molecule has 76 heavy (non-hydrogen) atoms. The average molecular weight is 1180 g/mol. The number of aromatic nitrogens is 3. The number of imidazole rings is 1. The van der Waals surface area contributed by atoms with Gasteiger partial charge in [0.2, 0.25) is 0 Å². The van der Waals surface area contributed by atoms with E-state index in [0.29, 0.717) is 22.7 Å². The topological polar surface area (TPSA) is 84.0 Å². The fraction of sp³-hybridized carbons (Fsp3) is 0.290. The van der Waals surface area contributed by atoms with Gasteiger partial charge in [-0.15, -0.1) is 17.7 Å². The van der Waals surface area contributed by atoms with Gasteiger partial charge in [-0.3, -0.25) is 9.55 Å². The molecule has 9 aromatic rings. The third kappa shape index (κ3) is 10.2. The number of phenolic OH excluding ortho intramolecular Hbond substituents is 1. The number of phenols is 1. The Morgan fingerprint density at radius 3 is 1.99 bits per heavy atom. The molecule has 0 spiro atoms. The average Bonchev–Trinajstić information content (AvgIpc) is 3.77. The fourth-order valence-electron chi connectivity index (χ4n) is 10.6. The Bertz CT molecular complexity index is 3740. The number of rotatable bonds is 7. The van der Waals surface area contributed by atoms with Gasteiger partial charge in [0.15, 0.2) is 0 Å². The molecule has 0 saturated heterocycles. The number of aromatic hydroxyl groups is 1.